The molecule has 1 aromatic carbocycles. The highest BCUT2D eigenvalue weighted by atomic mass is 32.1. The molecule has 1 amide bonds. The first kappa shape index (κ1) is 15.0. The van der Waals surface area contributed by atoms with Crippen molar-refractivity contribution >= 4 is 23.0 Å². The maximum Gasteiger partial charge on any atom is 0.223 e. The second-order valence-corrected chi connectivity index (χ2v) is 5.62. The zero-order valence-corrected chi connectivity index (χ0v) is 12.5. The number of oxime groups is 1. The number of nitrogens with two attached hydrogens (primary N) is 1. The fourth-order valence-corrected chi connectivity index (χ4v) is 2.66. The van der Waals surface area contributed by atoms with Crippen LogP contribution in [0.5, 0.6) is 11.5 Å². The van der Waals surface area contributed by atoms with Gasteiger partial charge in [-0.25, -0.2) is 4.98 Å². The van der Waals surface area contributed by atoms with E-state index >= 15 is 0 Å². The minimum absolute atomic E-state index is 0.0404. The molecule has 110 valence electrons. The summed E-state index contributed by atoms with van der Waals surface area (Å²) in [5.74, 6) is -0.0569. The number of nitrogens with zero attached hydrogens (tertiary/aromatic N) is 2. The number of hydrogen-bond acceptors (Lipinski definition) is 6. The fraction of sp³-hybridized carbons (Fsp3) is 0.214. The van der Waals surface area contributed by atoms with Crippen molar-refractivity contribution in [2.24, 2.45) is 10.9 Å². The van der Waals surface area contributed by atoms with Gasteiger partial charge in [0.25, 0.3) is 0 Å². The molecule has 21 heavy (non-hydrogen) atoms. The Bertz CT molecular complexity index is 695. The van der Waals surface area contributed by atoms with E-state index in [2.05, 4.69) is 10.1 Å². The van der Waals surface area contributed by atoms with Crippen LogP contribution in [0, 0.1) is 13.8 Å². The van der Waals surface area contributed by atoms with Gasteiger partial charge >= 0.3 is 0 Å². The molecule has 1 aromatic heterocycles. The Balaban J connectivity index is 2.29. The van der Waals surface area contributed by atoms with E-state index in [1.165, 1.54) is 23.5 Å². The third kappa shape index (κ3) is 4.03. The van der Waals surface area contributed by atoms with E-state index in [-0.39, 0.29) is 12.2 Å². The van der Waals surface area contributed by atoms with E-state index in [4.69, 9.17) is 10.6 Å². The number of benzene rings is 1. The highest BCUT2D eigenvalue weighted by molar-refractivity contribution is 7.13. The average molecular weight is 305 g/mol. The molecule has 0 aliphatic carbocycles. The van der Waals surface area contributed by atoms with Gasteiger partial charge in [0.05, 0.1) is 22.0 Å². The Kier molecular flexibility index (Phi) is 4.54. The topological polar surface area (TPSA) is 97.8 Å². The Morgan fingerprint density at radius 2 is 2.24 bits per heavy atom. The molecule has 0 saturated carbocycles. The molecular weight excluding hydrogens is 290 g/mol. The highest BCUT2D eigenvalue weighted by Gasteiger charge is 2.15. The summed E-state index contributed by atoms with van der Waals surface area (Å²) in [5.41, 5.74) is 6.45. The number of thiazole rings is 1. The number of carbonyl (C=O) groups is 1. The van der Waals surface area contributed by atoms with E-state index in [1.807, 2.05) is 13.8 Å². The lowest BCUT2D eigenvalue weighted by atomic mass is 10.2. The summed E-state index contributed by atoms with van der Waals surface area (Å²) in [6, 6.07) is 6.24. The number of phenols is 1. The molecule has 2 rings (SSSR count). The predicted octanol–water partition coefficient (Wildman–Crippen LogP) is 2.12. The molecule has 0 aliphatic heterocycles. The van der Waals surface area contributed by atoms with Crippen LogP contribution >= 0.6 is 11.3 Å². The maximum absolute atomic E-state index is 11.2. The number of aromatic hydroxyl groups is 1. The van der Waals surface area contributed by atoms with Gasteiger partial charge in [-0.05, 0) is 26.0 Å². The van der Waals surface area contributed by atoms with Crippen LogP contribution in [0.15, 0.2) is 29.4 Å². The summed E-state index contributed by atoms with van der Waals surface area (Å²) in [4.78, 5) is 21.5. The monoisotopic (exact) mass is 305 g/mol. The fourth-order valence-electron chi connectivity index (χ4n) is 1.77. The van der Waals surface area contributed by atoms with Crippen molar-refractivity contribution in [2.75, 3.05) is 0 Å². The maximum atomic E-state index is 11.2. The molecule has 0 atom stereocenters. The lowest BCUT2D eigenvalue weighted by Gasteiger charge is -2.04. The Morgan fingerprint density at radius 1 is 1.48 bits per heavy atom. The van der Waals surface area contributed by atoms with Crippen molar-refractivity contribution in [3.8, 4) is 11.5 Å². The molecule has 0 radical (unpaired) electrons. The average Bonchev–Trinajstić information content (AvgIpc) is 2.73. The van der Waals surface area contributed by atoms with Gasteiger partial charge in [0, 0.05) is 6.07 Å². The van der Waals surface area contributed by atoms with Crippen LogP contribution in [0.25, 0.3) is 0 Å². The molecule has 0 aliphatic rings. The van der Waals surface area contributed by atoms with Crippen LogP contribution in [0.2, 0.25) is 0 Å². The summed E-state index contributed by atoms with van der Waals surface area (Å²) in [6.45, 7) is 3.71. The molecule has 0 fully saturated rings. The zero-order valence-electron chi connectivity index (χ0n) is 11.7. The Labute approximate surface area is 125 Å². The van der Waals surface area contributed by atoms with Gasteiger partial charge in [-0.3, -0.25) is 4.79 Å². The van der Waals surface area contributed by atoms with Gasteiger partial charge in [-0.15, -0.1) is 11.3 Å². The lowest BCUT2D eigenvalue weighted by Crippen LogP contribution is -2.17. The van der Waals surface area contributed by atoms with Crippen molar-refractivity contribution < 1.29 is 14.7 Å². The quantitative estimate of drug-likeness (QED) is 0.653. The van der Waals surface area contributed by atoms with Crippen LogP contribution < -0.4 is 10.6 Å². The van der Waals surface area contributed by atoms with Crippen LogP contribution in [0.4, 0.5) is 0 Å². The standard InChI is InChI=1S/C14H15N3O3S/c1-8-14(21-9(2)16-8)12(7-13(15)19)17-20-11-5-3-4-10(18)6-11/h3-6,18H,7H2,1-2H3,(H2,15,19)/b17-12+. The van der Waals surface area contributed by atoms with Gasteiger partial charge in [0.15, 0.2) is 5.75 Å². The molecule has 7 heteroatoms. The van der Waals surface area contributed by atoms with E-state index in [0.29, 0.717) is 11.5 Å². The predicted molar refractivity (Wildman–Crippen MR) is 80.7 cm³/mol. The first-order valence-electron chi connectivity index (χ1n) is 6.21. The zero-order chi connectivity index (χ0) is 15.4. The molecular formula is C14H15N3O3S. The van der Waals surface area contributed by atoms with Crippen molar-refractivity contribution in [1.29, 1.82) is 0 Å². The molecule has 0 spiro atoms. The number of carbonyl (C=O) groups excluding carboxylic acids is 1. The molecule has 6 nitrogen and oxygen atoms in total. The van der Waals surface area contributed by atoms with Gasteiger partial charge in [-0.2, -0.15) is 0 Å². The molecule has 0 bridgehead atoms. The first-order chi connectivity index (χ1) is 9.95. The second kappa shape index (κ2) is 6.36. The summed E-state index contributed by atoms with van der Waals surface area (Å²) in [7, 11) is 0. The largest absolute Gasteiger partial charge is 0.508 e. The molecule has 2 aromatic rings. The van der Waals surface area contributed by atoms with Crippen molar-refractivity contribution in [2.45, 2.75) is 20.3 Å². The third-order valence-corrected chi connectivity index (χ3v) is 3.71. The van der Waals surface area contributed by atoms with Crippen molar-refractivity contribution in [3.63, 3.8) is 0 Å². The number of hydrogen-bond donors (Lipinski definition) is 2. The molecule has 3 N–H and O–H groups in total. The summed E-state index contributed by atoms with van der Waals surface area (Å²) < 4.78 is 0. The van der Waals surface area contributed by atoms with Crippen molar-refractivity contribution in [3.05, 3.63) is 39.8 Å². The smallest absolute Gasteiger partial charge is 0.223 e. The number of amides is 1. The van der Waals surface area contributed by atoms with E-state index < -0.39 is 5.91 Å². The number of rotatable bonds is 5. The number of aromatic nitrogens is 1. The van der Waals surface area contributed by atoms with Crippen LogP contribution in [-0.4, -0.2) is 21.7 Å². The van der Waals surface area contributed by atoms with Gasteiger partial charge in [0.2, 0.25) is 5.91 Å². The van der Waals surface area contributed by atoms with Crippen LogP contribution in [0.3, 0.4) is 0 Å². The summed E-state index contributed by atoms with van der Waals surface area (Å²) in [5, 5.41) is 14.2. The Morgan fingerprint density at radius 3 is 2.81 bits per heavy atom. The number of primary amides is 1. The summed E-state index contributed by atoms with van der Waals surface area (Å²) >= 11 is 1.42. The van der Waals surface area contributed by atoms with E-state index in [9.17, 15) is 9.90 Å². The van der Waals surface area contributed by atoms with Crippen molar-refractivity contribution in [1.82, 2.24) is 4.98 Å². The number of aryl methyl sites for hydroxylation is 2. The molecule has 0 unspecified atom stereocenters. The molecule has 1 heterocycles. The number of phenolic OH excluding ortho intramolecular Hbond substituents is 1. The summed E-state index contributed by atoms with van der Waals surface area (Å²) in [6.07, 6.45) is -0.0404. The second-order valence-electron chi connectivity index (χ2n) is 4.42. The van der Waals surface area contributed by atoms with Gasteiger partial charge in [0.1, 0.15) is 11.5 Å². The third-order valence-electron chi connectivity index (χ3n) is 2.59. The minimum Gasteiger partial charge on any atom is -0.508 e. The normalized spacial score (nSPS) is 11.4. The van der Waals surface area contributed by atoms with Crippen LogP contribution in [-0.2, 0) is 4.79 Å². The Hall–Kier alpha value is -2.41. The first-order valence-corrected chi connectivity index (χ1v) is 7.03. The van der Waals surface area contributed by atoms with Gasteiger partial charge < -0.3 is 15.7 Å². The SMILES string of the molecule is Cc1nc(C)c(/C(CC(N)=O)=N/Oc2cccc(O)c2)s1. The minimum atomic E-state index is -0.501. The lowest BCUT2D eigenvalue weighted by molar-refractivity contribution is -0.116. The highest BCUT2D eigenvalue weighted by Crippen LogP contribution is 2.22. The molecule has 0 saturated heterocycles. The van der Waals surface area contributed by atoms with Crippen LogP contribution in [0.1, 0.15) is 22.0 Å². The van der Waals surface area contributed by atoms with Gasteiger partial charge in [-0.1, -0.05) is 11.2 Å². The van der Waals surface area contributed by atoms with E-state index in [0.717, 1.165) is 15.6 Å². The van der Waals surface area contributed by atoms with E-state index in [1.54, 1.807) is 12.1 Å².